The van der Waals surface area contributed by atoms with Crippen LogP contribution < -0.4 is 5.32 Å². The quantitative estimate of drug-likeness (QED) is 0.849. The highest BCUT2D eigenvalue weighted by Gasteiger charge is 2.03. The van der Waals surface area contributed by atoms with Gasteiger partial charge >= 0.3 is 0 Å². The van der Waals surface area contributed by atoms with Gasteiger partial charge in [-0.2, -0.15) is 0 Å². The first-order valence-corrected chi connectivity index (χ1v) is 6.04. The van der Waals surface area contributed by atoms with Crippen molar-refractivity contribution in [3.05, 3.63) is 29.8 Å². The average Bonchev–Trinajstić information content (AvgIpc) is 2.29. The molecule has 0 saturated carbocycles. The van der Waals surface area contributed by atoms with Gasteiger partial charge in [-0.1, -0.05) is 26.0 Å². The van der Waals surface area contributed by atoms with Gasteiger partial charge in [-0.15, -0.1) is 0 Å². The van der Waals surface area contributed by atoms with Crippen LogP contribution in [-0.2, 0) is 4.79 Å². The van der Waals surface area contributed by atoms with Crippen molar-refractivity contribution in [3.8, 4) is 0 Å². The van der Waals surface area contributed by atoms with Crippen molar-refractivity contribution in [3.63, 3.8) is 0 Å². The largest absolute Gasteiger partial charge is 0.385 e. The highest BCUT2D eigenvalue weighted by Crippen LogP contribution is 2.18. The number of benzene rings is 1. The number of nitrogens with one attached hydrogen (secondary N) is 1. The van der Waals surface area contributed by atoms with Crippen LogP contribution in [0.25, 0.3) is 0 Å². The van der Waals surface area contributed by atoms with Crippen LogP contribution in [0.3, 0.4) is 0 Å². The minimum atomic E-state index is 0.150. The Kier molecular flexibility index (Phi) is 5.01. The van der Waals surface area contributed by atoms with Gasteiger partial charge in [0.1, 0.15) is 0 Å². The Bertz CT molecular complexity index is 372. The molecule has 0 aliphatic heterocycles. The molecule has 0 aliphatic carbocycles. The van der Waals surface area contributed by atoms with Crippen LogP contribution in [0, 0.1) is 0 Å². The molecule has 0 spiro atoms. The van der Waals surface area contributed by atoms with Gasteiger partial charge in [0.05, 0.1) is 0 Å². The van der Waals surface area contributed by atoms with Crippen LogP contribution in [0.5, 0.6) is 0 Å². The summed E-state index contributed by atoms with van der Waals surface area (Å²) in [6, 6.07) is 8.35. The number of hydrogen-bond donors (Lipinski definition) is 1. The van der Waals surface area contributed by atoms with Gasteiger partial charge in [-0.25, -0.2) is 0 Å². The Morgan fingerprint density at radius 2 is 2.06 bits per heavy atom. The van der Waals surface area contributed by atoms with E-state index in [0.717, 1.165) is 5.69 Å². The van der Waals surface area contributed by atoms with Crippen LogP contribution in [0.2, 0.25) is 0 Å². The third-order valence-corrected chi connectivity index (χ3v) is 2.72. The van der Waals surface area contributed by atoms with E-state index in [1.54, 1.807) is 19.0 Å². The van der Waals surface area contributed by atoms with E-state index in [-0.39, 0.29) is 5.91 Å². The molecule has 0 saturated heterocycles. The number of hydrogen-bond acceptors (Lipinski definition) is 2. The molecule has 1 rings (SSSR count). The zero-order valence-electron chi connectivity index (χ0n) is 11.2. The molecule has 1 aromatic rings. The second kappa shape index (κ2) is 6.28. The second-order valence-corrected chi connectivity index (χ2v) is 4.75. The van der Waals surface area contributed by atoms with E-state index in [2.05, 4.69) is 31.3 Å². The molecule has 0 aliphatic rings. The first kappa shape index (κ1) is 13.6. The van der Waals surface area contributed by atoms with Gasteiger partial charge in [-0.05, 0) is 23.6 Å². The molecule has 17 heavy (non-hydrogen) atoms. The van der Waals surface area contributed by atoms with Crippen LogP contribution in [-0.4, -0.2) is 31.4 Å². The van der Waals surface area contributed by atoms with Crippen LogP contribution in [0.1, 0.15) is 31.7 Å². The maximum absolute atomic E-state index is 11.4. The fraction of sp³-hybridized carbons (Fsp3) is 0.500. The fourth-order valence-electron chi connectivity index (χ4n) is 1.55. The van der Waals surface area contributed by atoms with Crippen molar-refractivity contribution in [1.29, 1.82) is 0 Å². The van der Waals surface area contributed by atoms with E-state index >= 15 is 0 Å². The second-order valence-electron chi connectivity index (χ2n) is 4.75. The molecule has 0 heterocycles. The lowest BCUT2D eigenvalue weighted by Crippen LogP contribution is -2.23. The normalized spacial score (nSPS) is 10.4. The van der Waals surface area contributed by atoms with Gasteiger partial charge in [-0.3, -0.25) is 4.79 Å². The van der Waals surface area contributed by atoms with E-state index in [4.69, 9.17) is 0 Å². The zero-order valence-corrected chi connectivity index (χ0v) is 11.2. The molecule has 1 amide bonds. The predicted octanol–water partition coefficient (Wildman–Crippen LogP) is 2.70. The maximum Gasteiger partial charge on any atom is 0.223 e. The Labute approximate surface area is 104 Å². The standard InChI is InChI=1S/C14H22N2O/c1-11(2)12-6-5-7-13(10-12)15-9-8-14(17)16(3)4/h5-7,10-11,15H,8-9H2,1-4H3. The summed E-state index contributed by atoms with van der Waals surface area (Å²) in [6.07, 6.45) is 0.527. The number of anilines is 1. The Balaban J connectivity index is 2.47. The topological polar surface area (TPSA) is 32.3 Å². The number of carbonyl (C=O) groups is 1. The summed E-state index contributed by atoms with van der Waals surface area (Å²) < 4.78 is 0. The summed E-state index contributed by atoms with van der Waals surface area (Å²) in [5.41, 5.74) is 2.40. The van der Waals surface area contributed by atoms with E-state index in [0.29, 0.717) is 18.9 Å². The third-order valence-electron chi connectivity index (χ3n) is 2.72. The number of amides is 1. The lowest BCUT2D eigenvalue weighted by Gasteiger charge is -2.12. The Morgan fingerprint density at radius 3 is 2.65 bits per heavy atom. The highest BCUT2D eigenvalue weighted by atomic mass is 16.2. The van der Waals surface area contributed by atoms with Gasteiger partial charge in [0.25, 0.3) is 0 Å². The number of rotatable bonds is 5. The summed E-state index contributed by atoms with van der Waals surface area (Å²) in [5, 5.41) is 3.28. The van der Waals surface area contributed by atoms with Gasteiger partial charge in [0.15, 0.2) is 0 Å². The third kappa shape index (κ3) is 4.47. The molecule has 3 nitrogen and oxygen atoms in total. The zero-order chi connectivity index (χ0) is 12.8. The van der Waals surface area contributed by atoms with Crippen molar-refractivity contribution in [2.45, 2.75) is 26.2 Å². The van der Waals surface area contributed by atoms with Crippen LogP contribution in [0.15, 0.2) is 24.3 Å². The first-order chi connectivity index (χ1) is 8.00. The minimum absolute atomic E-state index is 0.150. The SMILES string of the molecule is CC(C)c1cccc(NCCC(=O)N(C)C)c1. The fourth-order valence-corrected chi connectivity index (χ4v) is 1.55. The summed E-state index contributed by atoms with van der Waals surface area (Å²) in [7, 11) is 3.56. The summed E-state index contributed by atoms with van der Waals surface area (Å²) >= 11 is 0. The molecular weight excluding hydrogens is 212 g/mol. The van der Waals surface area contributed by atoms with Gasteiger partial charge < -0.3 is 10.2 Å². The Morgan fingerprint density at radius 1 is 1.35 bits per heavy atom. The van der Waals surface area contributed by atoms with Crippen molar-refractivity contribution < 1.29 is 4.79 Å². The summed E-state index contributed by atoms with van der Waals surface area (Å²) in [4.78, 5) is 13.0. The van der Waals surface area contributed by atoms with Crippen molar-refractivity contribution >= 4 is 11.6 Å². The molecule has 0 aromatic heterocycles. The molecule has 1 N–H and O–H groups in total. The average molecular weight is 234 g/mol. The minimum Gasteiger partial charge on any atom is -0.385 e. The molecule has 94 valence electrons. The molecular formula is C14H22N2O. The molecule has 3 heteroatoms. The van der Waals surface area contributed by atoms with Crippen molar-refractivity contribution in [2.75, 3.05) is 26.0 Å². The van der Waals surface area contributed by atoms with Crippen molar-refractivity contribution in [2.24, 2.45) is 0 Å². The molecule has 0 radical (unpaired) electrons. The Hall–Kier alpha value is -1.51. The molecule has 1 aromatic carbocycles. The lowest BCUT2D eigenvalue weighted by atomic mass is 10.0. The van der Waals surface area contributed by atoms with Crippen LogP contribution in [0.4, 0.5) is 5.69 Å². The molecule has 0 atom stereocenters. The lowest BCUT2D eigenvalue weighted by molar-refractivity contribution is -0.128. The van der Waals surface area contributed by atoms with Gasteiger partial charge in [0.2, 0.25) is 5.91 Å². The molecule has 0 bridgehead atoms. The van der Waals surface area contributed by atoms with Crippen molar-refractivity contribution in [1.82, 2.24) is 4.90 Å². The van der Waals surface area contributed by atoms with Gasteiger partial charge in [0, 0.05) is 32.7 Å². The number of nitrogens with zero attached hydrogens (tertiary/aromatic N) is 1. The first-order valence-electron chi connectivity index (χ1n) is 6.04. The molecule has 0 fully saturated rings. The number of carbonyl (C=O) groups excluding carboxylic acids is 1. The van der Waals surface area contributed by atoms with E-state index in [1.165, 1.54) is 5.56 Å². The highest BCUT2D eigenvalue weighted by molar-refractivity contribution is 5.76. The van der Waals surface area contributed by atoms with Crippen LogP contribution >= 0.6 is 0 Å². The monoisotopic (exact) mass is 234 g/mol. The summed E-state index contributed by atoms with van der Waals surface area (Å²) in [5.74, 6) is 0.678. The molecule has 0 unspecified atom stereocenters. The van der Waals surface area contributed by atoms with E-state index in [1.807, 2.05) is 12.1 Å². The van der Waals surface area contributed by atoms with E-state index in [9.17, 15) is 4.79 Å². The smallest absolute Gasteiger partial charge is 0.223 e. The summed E-state index contributed by atoms with van der Waals surface area (Å²) in [6.45, 7) is 5.03. The maximum atomic E-state index is 11.4. The van der Waals surface area contributed by atoms with E-state index < -0.39 is 0 Å². The predicted molar refractivity (Wildman–Crippen MR) is 72.3 cm³/mol.